The van der Waals surface area contributed by atoms with Crippen LogP contribution in [0.15, 0.2) is 42.7 Å². The van der Waals surface area contributed by atoms with E-state index in [9.17, 15) is 23.2 Å². The minimum atomic E-state index is -2.78. The van der Waals surface area contributed by atoms with E-state index in [1.165, 1.54) is 28.1 Å². The van der Waals surface area contributed by atoms with Gasteiger partial charge in [-0.3, -0.25) is 18.7 Å². The molecular weight excluding hydrogens is 525 g/mol. The molecule has 204 valence electrons. The zero-order valence-corrected chi connectivity index (χ0v) is 21.2. The maximum atomic E-state index is 15.0. The Kier molecular flexibility index (Phi) is 5.38. The molecule has 0 spiro atoms. The summed E-state index contributed by atoms with van der Waals surface area (Å²) in [5, 5.41) is 5.06. The molecule has 0 atom stereocenters. The molecule has 0 radical (unpaired) electrons. The SMILES string of the molecule is O=C1CC(=O)C(c2cnc3ccccn23)=C1c1nn2c3c(cc(F)cc13)CN(C(=O)N1CCC(F)(F)CC1)CC2. The number of benzene rings is 1. The number of ketones is 2. The molecule has 1 fully saturated rings. The fraction of sp³-hybridized carbons (Fsp3) is 0.321. The summed E-state index contributed by atoms with van der Waals surface area (Å²) in [5.74, 6) is -4.12. The molecule has 3 aromatic heterocycles. The van der Waals surface area contributed by atoms with Crippen LogP contribution >= 0.6 is 0 Å². The summed E-state index contributed by atoms with van der Waals surface area (Å²) in [6.07, 6.45) is 2.19. The molecule has 4 aromatic rings. The van der Waals surface area contributed by atoms with Crippen molar-refractivity contribution in [2.24, 2.45) is 0 Å². The Bertz CT molecular complexity index is 1780. The molecule has 2 aliphatic heterocycles. The van der Waals surface area contributed by atoms with Crippen molar-refractivity contribution in [2.75, 3.05) is 19.6 Å². The first-order valence-corrected chi connectivity index (χ1v) is 13.0. The van der Waals surface area contributed by atoms with Crippen molar-refractivity contribution in [2.45, 2.75) is 38.3 Å². The number of alkyl halides is 2. The van der Waals surface area contributed by atoms with Gasteiger partial charge in [0.05, 0.1) is 41.5 Å². The fourth-order valence-corrected chi connectivity index (χ4v) is 5.96. The van der Waals surface area contributed by atoms with Crippen LogP contribution < -0.4 is 0 Å². The monoisotopic (exact) mass is 548 g/mol. The maximum Gasteiger partial charge on any atom is 0.320 e. The largest absolute Gasteiger partial charge is 0.324 e. The number of Topliss-reactive ketones (excluding diaryl/α,β-unsaturated/α-hetero) is 2. The van der Waals surface area contributed by atoms with Gasteiger partial charge in [-0.2, -0.15) is 5.10 Å². The molecule has 7 rings (SSSR count). The molecular formula is C28H23F3N6O3. The van der Waals surface area contributed by atoms with Gasteiger partial charge >= 0.3 is 6.03 Å². The predicted molar refractivity (Wildman–Crippen MR) is 138 cm³/mol. The smallest absolute Gasteiger partial charge is 0.320 e. The van der Waals surface area contributed by atoms with Crippen molar-refractivity contribution in [1.82, 2.24) is 29.0 Å². The molecule has 1 aliphatic carbocycles. The Morgan fingerprint density at radius 2 is 1.73 bits per heavy atom. The zero-order valence-electron chi connectivity index (χ0n) is 21.2. The van der Waals surface area contributed by atoms with Gasteiger partial charge in [0, 0.05) is 56.2 Å². The highest BCUT2D eigenvalue weighted by Crippen LogP contribution is 2.39. The van der Waals surface area contributed by atoms with E-state index < -0.39 is 30.4 Å². The summed E-state index contributed by atoms with van der Waals surface area (Å²) in [5.41, 5.74) is 2.64. The van der Waals surface area contributed by atoms with E-state index >= 15 is 4.39 Å². The number of likely N-dealkylation sites (tertiary alicyclic amines) is 1. The van der Waals surface area contributed by atoms with Crippen molar-refractivity contribution in [3.05, 3.63) is 65.5 Å². The molecule has 0 saturated carbocycles. The molecule has 0 bridgehead atoms. The van der Waals surface area contributed by atoms with Crippen LogP contribution in [0.1, 0.15) is 36.2 Å². The van der Waals surface area contributed by atoms with Crippen LogP contribution in [-0.4, -0.2) is 72.1 Å². The predicted octanol–water partition coefficient (Wildman–Crippen LogP) is 3.94. The number of halogens is 3. The van der Waals surface area contributed by atoms with Gasteiger partial charge < -0.3 is 9.80 Å². The number of piperidine rings is 1. The molecule has 2 amide bonds. The first kappa shape index (κ1) is 24.6. The van der Waals surface area contributed by atoms with Crippen LogP contribution in [-0.2, 0) is 22.7 Å². The van der Waals surface area contributed by atoms with Crippen molar-refractivity contribution < 1.29 is 27.6 Å². The number of amides is 2. The van der Waals surface area contributed by atoms with Gasteiger partial charge in [-0.05, 0) is 24.3 Å². The molecule has 3 aliphatic rings. The van der Waals surface area contributed by atoms with Crippen molar-refractivity contribution in [3.63, 3.8) is 0 Å². The summed E-state index contributed by atoms with van der Waals surface area (Å²) in [6, 6.07) is 7.62. The minimum absolute atomic E-state index is 0.0496. The Labute approximate surface area is 225 Å². The second-order valence-corrected chi connectivity index (χ2v) is 10.4. The molecule has 0 unspecified atom stereocenters. The van der Waals surface area contributed by atoms with E-state index in [-0.39, 0.29) is 67.8 Å². The lowest BCUT2D eigenvalue weighted by atomic mass is 10.00. The number of pyridine rings is 1. The van der Waals surface area contributed by atoms with E-state index in [0.29, 0.717) is 27.8 Å². The number of fused-ring (bicyclic) bond motifs is 1. The average Bonchev–Trinajstić information content (AvgIpc) is 3.54. The maximum absolute atomic E-state index is 15.0. The molecule has 40 heavy (non-hydrogen) atoms. The summed E-state index contributed by atoms with van der Waals surface area (Å²) in [6.45, 7) is 0.407. The molecule has 1 saturated heterocycles. The van der Waals surface area contributed by atoms with Crippen LogP contribution in [0.4, 0.5) is 18.0 Å². The number of imidazole rings is 1. The third-order valence-corrected chi connectivity index (χ3v) is 7.91. The van der Waals surface area contributed by atoms with Crippen LogP contribution in [0.3, 0.4) is 0 Å². The highest BCUT2D eigenvalue weighted by Gasteiger charge is 2.39. The fourth-order valence-electron chi connectivity index (χ4n) is 5.96. The highest BCUT2D eigenvalue weighted by molar-refractivity contribution is 6.51. The van der Waals surface area contributed by atoms with Crippen molar-refractivity contribution >= 4 is 45.3 Å². The number of rotatable bonds is 2. The highest BCUT2D eigenvalue weighted by atomic mass is 19.3. The van der Waals surface area contributed by atoms with Gasteiger partial charge in [-0.1, -0.05) is 6.07 Å². The summed E-state index contributed by atoms with van der Waals surface area (Å²) in [7, 11) is 0. The van der Waals surface area contributed by atoms with Gasteiger partial charge in [0.25, 0.3) is 5.92 Å². The first-order valence-electron chi connectivity index (χ1n) is 13.0. The zero-order chi connectivity index (χ0) is 27.8. The Hall–Kier alpha value is -4.48. The summed E-state index contributed by atoms with van der Waals surface area (Å²) < 4.78 is 45.6. The van der Waals surface area contributed by atoms with Crippen molar-refractivity contribution in [1.29, 1.82) is 0 Å². The number of carbonyl (C=O) groups excluding carboxylic acids is 3. The van der Waals surface area contributed by atoms with Crippen molar-refractivity contribution in [3.8, 4) is 0 Å². The van der Waals surface area contributed by atoms with Gasteiger partial charge in [-0.25, -0.2) is 22.9 Å². The molecule has 12 heteroatoms. The Morgan fingerprint density at radius 3 is 2.52 bits per heavy atom. The topological polar surface area (TPSA) is 92.8 Å². The van der Waals surface area contributed by atoms with Gasteiger partial charge in [0.1, 0.15) is 17.2 Å². The van der Waals surface area contributed by atoms with Gasteiger partial charge in [-0.15, -0.1) is 0 Å². The third kappa shape index (κ3) is 3.81. The van der Waals surface area contributed by atoms with Crippen LogP contribution in [0, 0.1) is 5.82 Å². The van der Waals surface area contributed by atoms with Crippen LogP contribution in [0.5, 0.6) is 0 Å². The summed E-state index contributed by atoms with van der Waals surface area (Å²) in [4.78, 5) is 46.8. The standard InChI is InChI=1S/C28H23F3N6O3/c29-17-11-16-15-35(27(40)34-7-4-28(30,31)5-8-34)9-10-37-26(16)18(12-17)25(33-37)24-21(39)13-20(38)23(24)19-14-32-22-3-1-2-6-36(19)22/h1-3,6,11-12,14H,4-5,7-10,13,15H2. The number of hydrogen-bond donors (Lipinski definition) is 0. The number of urea groups is 1. The summed E-state index contributed by atoms with van der Waals surface area (Å²) >= 11 is 0. The van der Waals surface area contributed by atoms with Crippen LogP contribution in [0.2, 0.25) is 0 Å². The first-order chi connectivity index (χ1) is 19.2. The average molecular weight is 549 g/mol. The van der Waals surface area contributed by atoms with Gasteiger partial charge in [0.2, 0.25) is 0 Å². The third-order valence-electron chi connectivity index (χ3n) is 7.91. The minimum Gasteiger partial charge on any atom is -0.324 e. The number of allylic oxidation sites excluding steroid dienone is 2. The number of aromatic nitrogens is 4. The quantitative estimate of drug-likeness (QED) is 0.354. The van der Waals surface area contributed by atoms with Gasteiger partial charge in [0.15, 0.2) is 11.6 Å². The lowest BCUT2D eigenvalue weighted by Crippen LogP contribution is -2.49. The number of nitrogens with zero attached hydrogens (tertiary/aromatic N) is 6. The number of carbonyl (C=O) groups is 3. The Balaban J connectivity index is 1.32. The Morgan fingerprint density at radius 1 is 0.950 bits per heavy atom. The molecule has 0 N–H and O–H groups in total. The second kappa shape index (κ2) is 8.77. The molecule has 9 nitrogen and oxygen atoms in total. The number of hydrogen-bond acceptors (Lipinski definition) is 5. The van der Waals surface area contributed by atoms with E-state index in [1.54, 1.807) is 27.4 Å². The lowest BCUT2D eigenvalue weighted by Gasteiger charge is -2.35. The molecule has 5 heterocycles. The second-order valence-electron chi connectivity index (χ2n) is 10.4. The van der Waals surface area contributed by atoms with E-state index in [2.05, 4.69) is 4.98 Å². The normalized spacial score (nSPS) is 19.3. The molecule has 1 aromatic carbocycles. The van der Waals surface area contributed by atoms with E-state index in [1.807, 2.05) is 6.07 Å². The van der Waals surface area contributed by atoms with E-state index in [4.69, 9.17) is 5.10 Å². The van der Waals surface area contributed by atoms with E-state index in [0.717, 1.165) is 0 Å². The lowest BCUT2D eigenvalue weighted by molar-refractivity contribution is -0.119. The van der Waals surface area contributed by atoms with Crippen LogP contribution in [0.25, 0.3) is 27.7 Å².